The van der Waals surface area contributed by atoms with Gasteiger partial charge in [-0.15, -0.1) is 0 Å². The van der Waals surface area contributed by atoms with Crippen molar-refractivity contribution in [3.63, 3.8) is 0 Å². The summed E-state index contributed by atoms with van der Waals surface area (Å²) in [6.07, 6.45) is -2.24. The second-order valence-electron chi connectivity index (χ2n) is 3.24. The van der Waals surface area contributed by atoms with Gasteiger partial charge in [0.2, 0.25) is 0 Å². The average Bonchev–Trinajstić information content (AvgIpc) is 2.38. The summed E-state index contributed by atoms with van der Waals surface area (Å²) >= 11 is 0. The van der Waals surface area contributed by atoms with Gasteiger partial charge in [0.05, 0.1) is 26.7 Å². The molecule has 0 aliphatic rings. The van der Waals surface area contributed by atoms with Gasteiger partial charge < -0.3 is 15.2 Å². The van der Waals surface area contributed by atoms with Gasteiger partial charge in [0, 0.05) is 8.78 Å². The Hall–Kier alpha value is -1.39. The zero-order valence-corrected chi connectivity index (χ0v) is 9.18. The Labute approximate surface area is 98.2 Å². The monoisotopic (exact) mass is 225 g/mol. The minimum absolute atomic E-state index is 0.0585. The molecule has 0 spiro atoms. The molecule has 1 rings (SSSR count). The van der Waals surface area contributed by atoms with Crippen LogP contribution in [0.5, 0.6) is 0 Å². The minimum Gasteiger partial charge on any atom is -0.469 e. The molecule has 0 aliphatic heterocycles. The molecule has 0 amide bonds. The molecule has 0 heterocycles. The van der Waals surface area contributed by atoms with Gasteiger partial charge >= 0.3 is 5.97 Å². The Bertz CT molecular complexity index is 384. The van der Waals surface area contributed by atoms with Gasteiger partial charge in [0.25, 0.3) is 0 Å². The van der Waals surface area contributed by atoms with E-state index in [1.807, 2.05) is 30.3 Å². The molecule has 1 atom stereocenters. The van der Waals surface area contributed by atoms with E-state index in [0.717, 1.165) is 12.7 Å². The van der Waals surface area contributed by atoms with Crippen LogP contribution in [0.4, 0.5) is 0 Å². The van der Waals surface area contributed by atoms with E-state index in [1.165, 1.54) is 0 Å². The van der Waals surface area contributed by atoms with Crippen LogP contribution in [0.25, 0.3) is 0 Å². The third-order valence-corrected chi connectivity index (χ3v) is 1.90. The molecule has 0 saturated heterocycles. The van der Waals surface area contributed by atoms with E-state index in [-0.39, 0.29) is 6.61 Å². The maximum Gasteiger partial charge on any atom is 0.307 e. The van der Waals surface area contributed by atoms with Crippen LogP contribution in [0.3, 0.4) is 0 Å². The molecular formula is C12H17NO3. The van der Waals surface area contributed by atoms with Crippen molar-refractivity contribution in [2.75, 3.05) is 13.7 Å². The van der Waals surface area contributed by atoms with Crippen molar-refractivity contribution in [3.05, 3.63) is 35.9 Å². The van der Waals surface area contributed by atoms with E-state index >= 15 is 0 Å². The van der Waals surface area contributed by atoms with E-state index in [4.69, 9.17) is 13.2 Å². The summed E-state index contributed by atoms with van der Waals surface area (Å²) in [5.41, 5.74) is 6.55. The van der Waals surface area contributed by atoms with Crippen LogP contribution in [0.15, 0.2) is 30.3 Å². The van der Waals surface area contributed by atoms with Crippen molar-refractivity contribution in [1.82, 2.24) is 0 Å². The fourth-order valence-electron chi connectivity index (χ4n) is 1.13. The second-order valence-corrected chi connectivity index (χ2v) is 3.24. The normalized spacial score (nSPS) is 14.9. The number of methoxy groups -OCH3 is 1. The molecule has 0 aromatic heterocycles. The highest BCUT2D eigenvalue weighted by atomic mass is 16.5. The molecule has 0 radical (unpaired) electrons. The number of nitrogens with two attached hydrogens (primary N) is 1. The van der Waals surface area contributed by atoms with Crippen LogP contribution in [-0.2, 0) is 20.9 Å². The number of hydrogen-bond donors (Lipinski definition) is 1. The molecule has 2 N–H and O–H groups in total. The lowest BCUT2D eigenvalue weighted by Crippen LogP contribution is -2.29. The van der Waals surface area contributed by atoms with E-state index in [9.17, 15) is 4.79 Å². The maximum atomic E-state index is 11.2. The Kier molecular flexibility index (Phi) is 4.28. The van der Waals surface area contributed by atoms with Gasteiger partial charge in [0.15, 0.2) is 0 Å². The van der Waals surface area contributed by atoms with Crippen LogP contribution in [0, 0.1) is 0 Å². The number of carbonyl (C=O) groups is 1. The Morgan fingerprint density at radius 1 is 1.50 bits per heavy atom. The van der Waals surface area contributed by atoms with Gasteiger partial charge in [-0.2, -0.15) is 0 Å². The molecule has 4 nitrogen and oxygen atoms in total. The van der Waals surface area contributed by atoms with Crippen molar-refractivity contribution in [1.29, 1.82) is 0 Å². The fourth-order valence-corrected chi connectivity index (χ4v) is 1.13. The standard InChI is InChI=1S/C12H17NO3/c1-15-12(14)7-11(13)9-16-8-10-5-3-2-4-6-10/h2-6,11H,7-9,13H2,1H3/t11-/m0/s1/i7D2. The quantitative estimate of drug-likeness (QED) is 0.736. The van der Waals surface area contributed by atoms with Crippen LogP contribution >= 0.6 is 0 Å². The predicted molar refractivity (Wildman–Crippen MR) is 60.7 cm³/mol. The SMILES string of the molecule is [2H]C([2H])(C(=O)OC)[C@H](N)COCc1ccccc1. The highest BCUT2D eigenvalue weighted by Gasteiger charge is 2.09. The van der Waals surface area contributed by atoms with Crippen LogP contribution < -0.4 is 5.73 Å². The lowest BCUT2D eigenvalue weighted by atomic mass is 10.2. The number of ether oxygens (including phenoxy) is 2. The first-order valence-corrected chi connectivity index (χ1v) is 4.94. The zero-order valence-electron chi connectivity index (χ0n) is 11.2. The van der Waals surface area contributed by atoms with E-state index < -0.39 is 18.4 Å². The lowest BCUT2D eigenvalue weighted by molar-refractivity contribution is -0.141. The Balaban J connectivity index is 2.42. The zero-order chi connectivity index (χ0) is 13.6. The predicted octanol–water partition coefficient (Wildman–Crippen LogP) is 1.09. The molecule has 1 aromatic rings. The molecule has 0 fully saturated rings. The number of hydrogen-bond acceptors (Lipinski definition) is 4. The smallest absolute Gasteiger partial charge is 0.307 e. The number of benzene rings is 1. The summed E-state index contributed by atoms with van der Waals surface area (Å²) in [6, 6.07) is 8.37. The van der Waals surface area contributed by atoms with E-state index in [2.05, 4.69) is 4.74 Å². The summed E-state index contributed by atoms with van der Waals surface area (Å²) in [5, 5.41) is 0. The first-order chi connectivity index (χ1) is 8.48. The molecule has 0 bridgehead atoms. The third-order valence-electron chi connectivity index (χ3n) is 1.90. The highest BCUT2D eigenvalue weighted by Crippen LogP contribution is 2.01. The van der Waals surface area contributed by atoms with Gasteiger partial charge in [-0.1, -0.05) is 30.3 Å². The molecule has 88 valence electrons. The minimum atomic E-state index is -2.24. The molecule has 0 unspecified atom stereocenters. The first-order valence-electron chi connectivity index (χ1n) is 5.94. The number of esters is 1. The summed E-state index contributed by atoms with van der Waals surface area (Å²) in [4.78, 5) is 11.2. The van der Waals surface area contributed by atoms with Crippen molar-refractivity contribution in [2.45, 2.75) is 19.0 Å². The molecule has 1 aromatic carbocycles. The van der Waals surface area contributed by atoms with Gasteiger partial charge in [0.1, 0.15) is 0 Å². The first kappa shape index (κ1) is 9.81. The highest BCUT2D eigenvalue weighted by molar-refractivity contribution is 5.69. The Morgan fingerprint density at radius 3 is 2.81 bits per heavy atom. The Morgan fingerprint density at radius 2 is 2.19 bits per heavy atom. The van der Waals surface area contributed by atoms with Crippen molar-refractivity contribution >= 4 is 5.97 Å². The topological polar surface area (TPSA) is 61.5 Å². The van der Waals surface area contributed by atoms with Crippen molar-refractivity contribution < 1.29 is 17.0 Å². The second kappa shape index (κ2) is 6.98. The fraction of sp³-hybridized carbons (Fsp3) is 0.417. The maximum absolute atomic E-state index is 11.2. The molecule has 4 heteroatoms. The van der Waals surface area contributed by atoms with Crippen LogP contribution in [0.1, 0.15) is 14.7 Å². The third kappa shape index (κ3) is 4.91. The molecule has 0 saturated carbocycles. The molecule has 16 heavy (non-hydrogen) atoms. The van der Waals surface area contributed by atoms with Crippen LogP contribution in [0.2, 0.25) is 0 Å². The number of rotatable bonds is 6. The van der Waals surface area contributed by atoms with Gasteiger partial charge in [-0.25, -0.2) is 0 Å². The van der Waals surface area contributed by atoms with Gasteiger partial charge in [-0.05, 0) is 5.56 Å². The summed E-state index contributed by atoms with van der Waals surface area (Å²) < 4.78 is 24.7. The summed E-state index contributed by atoms with van der Waals surface area (Å²) in [5.74, 6) is -0.988. The summed E-state index contributed by atoms with van der Waals surface area (Å²) in [6.45, 7) is 0.267. The van der Waals surface area contributed by atoms with Gasteiger partial charge in [-0.3, -0.25) is 4.79 Å². The van der Waals surface area contributed by atoms with Crippen molar-refractivity contribution in [3.8, 4) is 0 Å². The van der Waals surface area contributed by atoms with E-state index in [0.29, 0.717) is 6.61 Å². The van der Waals surface area contributed by atoms with E-state index in [1.54, 1.807) is 0 Å². The lowest BCUT2D eigenvalue weighted by Gasteiger charge is -2.10. The average molecular weight is 225 g/mol. The summed E-state index contributed by atoms with van der Waals surface area (Å²) in [7, 11) is 1.12. The largest absolute Gasteiger partial charge is 0.469 e. The number of carbonyl (C=O) groups excluding carboxylic acids is 1. The molecule has 0 aliphatic carbocycles. The van der Waals surface area contributed by atoms with Crippen molar-refractivity contribution in [2.24, 2.45) is 5.73 Å². The molecular weight excluding hydrogens is 206 g/mol. The van der Waals surface area contributed by atoms with Crippen LogP contribution in [-0.4, -0.2) is 25.7 Å².